The molecule has 0 spiro atoms. The van der Waals surface area contributed by atoms with E-state index in [0.717, 1.165) is 0 Å². The number of aromatic hydroxyl groups is 1. The average Bonchev–Trinajstić information content (AvgIpc) is 2.39. The number of hydrogen-bond donors (Lipinski definition) is 4. The molecule has 2 amide bonds. The smallest absolute Gasteiger partial charge is 0.411 e. The first kappa shape index (κ1) is 17.5. The highest BCUT2D eigenvalue weighted by atomic mass is 16.6. The number of anilines is 1. The maximum Gasteiger partial charge on any atom is 0.411 e. The van der Waals surface area contributed by atoms with E-state index in [1.807, 2.05) is 5.32 Å². The van der Waals surface area contributed by atoms with Gasteiger partial charge in [0.1, 0.15) is 12.4 Å². The van der Waals surface area contributed by atoms with E-state index in [4.69, 9.17) is 19.7 Å². The number of carboxylic acid groups (broad SMARTS) is 1. The normalized spacial score (nSPS) is 8.90. The van der Waals surface area contributed by atoms with E-state index in [9.17, 15) is 9.59 Å². The van der Waals surface area contributed by atoms with Gasteiger partial charge in [-0.2, -0.15) is 0 Å². The minimum absolute atomic E-state index is 0.0877. The summed E-state index contributed by atoms with van der Waals surface area (Å²) in [5.74, 6) is 0.0877. The van der Waals surface area contributed by atoms with E-state index in [-0.39, 0.29) is 12.4 Å². The zero-order valence-corrected chi connectivity index (χ0v) is 11.3. The Hall–Kier alpha value is -2.48. The lowest BCUT2D eigenvalue weighted by Gasteiger charge is -2.06. The van der Waals surface area contributed by atoms with Crippen LogP contribution in [0.3, 0.4) is 0 Å². The van der Waals surface area contributed by atoms with Gasteiger partial charge in [0.2, 0.25) is 0 Å². The molecule has 20 heavy (non-hydrogen) atoms. The summed E-state index contributed by atoms with van der Waals surface area (Å²) in [5.41, 5.74) is 0.484. The maximum absolute atomic E-state index is 11.1. The molecule has 1 aromatic rings. The number of phenolic OH excluding ortho intramolecular Hbond substituents is 1. The predicted octanol–water partition coefficient (Wildman–Crippen LogP) is 1.47. The fourth-order valence-electron chi connectivity index (χ4n) is 0.955. The Morgan fingerprint density at radius 3 is 2.45 bits per heavy atom. The van der Waals surface area contributed by atoms with Gasteiger partial charge < -0.3 is 25.0 Å². The van der Waals surface area contributed by atoms with Crippen molar-refractivity contribution in [2.75, 3.05) is 32.7 Å². The zero-order valence-electron chi connectivity index (χ0n) is 11.3. The fourth-order valence-corrected chi connectivity index (χ4v) is 0.955. The molecule has 0 bridgehead atoms. The summed E-state index contributed by atoms with van der Waals surface area (Å²) < 4.78 is 9.49. The number of carbonyl (C=O) groups is 2. The van der Waals surface area contributed by atoms with Gasteiger partial charge in [-0.05, 0) is 12.1 Å². The molecule has 112 valence electrons. The molecular formula is C12H18N2O6. The molecule has 0 unspecified atom stereocenters. The highest BCUT2D eigenvalue weighted by Crippen LogP contribution is 2.15. The molecule has 0 atom stereocenters. The van der Waals surface area contributed by atoms with E-state index < -0.39 is 12.2 Å². The minimum atomic E-state index is -0.995. The van der Waals surface area contributed by atoms with E-state index in [2.05, 4.69) is 5.32 Å². The third-order valence-electron chi connectivity index (χ3n) is 1.83. The molecule has 4 N–H and O–H groups in total. The Labute approximate surface area is 116 Å². The Morgan fingerprint density at radius 2 is 1.95 bits per heavy atom. The quantitative estimate of drug-likeness (QED) is 0.623. The van der Waals surface area contributed by atoms with Crippen LogP contribution in [0.15, 0.2) is 24.3 Å². The third kappa shape index (κ3) is 9.54. The summed E-state index contributed by atoms with van der Waals surface area (Å²) in [6.07, 6.45) is -1.57. The van der Waals surface area contributed by atoms with E-state index >= 15 is 0 Å². The molecule has 8 nitrogen and oxygen atoms in total. The van der Waals surface area contributed by atoms with E-state index in [0.29, 0.717) is 12.3 Å². The Morgan fingerprint density at radius 1 is 1.30 bits per heavy atom. The summed E-state index contributed by atoms with van der Waals surface area (Å²) in [5, 5.41) is 21.1. The molecule has 1 aromatic carbocycles. The summed E-state index contributed by atoms with van der Waals surface area (Å²) in [6.45, 7) is 0.550. The van der Waals surface area contributed by atoms with Gasteiger partial charge in [0.25, 0.3) is 0 Å². The molecule has 0 aliphatic heterocycles. The molecule has 0 aromatic heterocycles. The largest absolute Gasteiger partial charge is 0.508 e. The highest BCUT2D eigenvalue weighted by molar-refractivity contribution is 5.84. The van der Waals surface area contributed by atoms with Crippen LogP contribution in [0.1, 0.15) is 0 Å². The molecule has 1 rings (SSSR count). The van der Waals surface area contributed by atoms with Crippen molar-refractivity contribution in [1.29, 1.82) is 0 Å². The Bertz CT molecular complexity index is 424. The van der Waals surface area contributed by atoms with Gasteiger partial charge in [0.05, 0.1) is 6.61 Å². The van der Waals surface area contributed by atoms with Crippen LogP contribution in [0.5, 0.6) is 5.75 Å². The van der Waals surface area contributed by atoms with Crippen molar-refractivity contribution in [3.63, 3.8) is 0 Å². The number of amides is 2. The van der Waals surface area contributed by atoms with Crippen LogP contribution in [0.4, 0.5) is 15.3 Å². The lowest BCUT2D eigenvalue weighted by Crippen LogP contribution is -2.16. The van der Waals surface area contributed by atoms with Crippen molar-refractivity contribution in [3.8, 4) is 5.75 Å². The van der Waals surface area contributed by atoms with Crippen molar-refractivity contribution in [2.45, 2.75) is 0 Å². The maximum atomic E-state index is 11.1. The number of ether oxygens (including phenoxy) is 2. The Kier molecular flexibility index (Phi) is 9.15. The van der Waals surface area contributed by atoms with Crippen LogP contribution < -0.4 is 10.6 Å². The van der Waals surface area contributed by atoms with Crippen molar-refractivity contribution < 1.29 is 29.3 Å². The highest BCUT2D eigenvalue weighted by Gasteiger charge is 2.02. The SMILES string of the molecule is CNC(=O)O.COCCOC(=O)Nc1cccc(O)c1. The number of carbonyl (C=O) groups excluding carboxylic acids is 1. The summed E-state index contributed by atoms with van der Waals surface area (Å²) in [6, 6.07) is 6.22. The van der Waals surface area contributed by atoms with Crippen LogP contribution in [0, 0.1) is 0 Å². The van der Waals surface area contributed by atoms with Crippen LogP contribution in [-0.4, -0.2) is 49.8 Å². The molecule has 0 saturated heterocycles. The first-order chi connectivity index (χ1) is 9.49. The number of methoxy groups -OCH3 is 1. The van der Waals surface area contributed by atoms with E-state index in [1.54, 1.807) is 12.1 Å². The van der Waals surface area contributed by atoms with Gasteiger partial charge in [0, 0.05) is 25.9 Å². The van der Waals surface area contributed by atoms with E-state index in [1.165, 1.54) is 26.3 Å². The molecule has 0 aliphatic carbocycles. The molecular weight excluding hydrogens is 268 g/mol. The van der Waals surface area contributed by atoms with Crippen LogP contribution in [-0.2, 0) is 9.47 Å². The first-order valence-corrected chi connectivity index (χ1v) is 5.62. The average molecular weight is 286 g/mol. The van der Waals surface area contributed by atoms with Crippen molar-refractivity contribution in [2.24, 2.45) is 0 Å². The van der Waals surface area contributed by atoms with Gasteiger partial charge in [-0.15, -0.1) is 0 Å². The van der Waals surface area contributed by atoms with Gasteiger partial charge in [-0.1, -0.05) is 6.07 Å². The van der Waals surface area contributed by atoms with Gasteiger partial charge in [0.15, 0.2) is 0 Å². The second kappa shape index (κ2) is 10.4. The van der Waals surface area contributed by atoms with Crippen molar-refractivity contribution >= 4 is 17.9 Å². The Balaban J connectivity index is 0.000000621. The first-order valence-electron chi connectivity index (χ1n) is 5.62. The molecule has 8 heteroatoms. The lowest BCUT2D eigenvalue weighted by atomic mass is 10.3. The molecule has 0 heterocycles. The second-order valence-electron chi connectivity index (χ2n) is 3.36. The van der Waals surface area contributed by atoms with Gasteiger partial charge in [-0.3, -0.25) is 5.32 Å². The number of nitrogens with one attached hydrogen (secondary N) is 2. The summed E-state index contributed by atoms with van der Waals surface area (Å²) >= 11 is 0. The monoisotopic (exact) mass is 286 g/mol. The topological polar surface area (TPSA) is 117 Å². The van der Waals surface area contributed by atoms with Crippen molar-refractivity contribution in [3.05, 3.63) is 24.3 Å². The number of phenols is 1. The molecule has 0 radical (unpaired) electrons. The summed E-state index contributed by atoms with van der Waals surface area (Å²) in [4.78, 5) is 20.4. The number of benzene rings is 1. The number of rotatable bonds is 4. The molecule has 0 saturated carbocycles. The fraction of sp³-hybridized carbons (Fsp3) is 0.333. The van der Waals surface area contributed by atoms with Crippen LogP contribution in [0.25, 0.3) is 0 Å². The predicted molar refractivity (Wildman–Crippen MR) is 72.0 cm³/mol. The summed E-state index contributed by atoms with van der Waals surface area (Å²) in [7, 11) is 2.87. The third-order valence-corrected chi connectivity index (χ3v) is 1.83. The second-order valence-corrected chi connectivity index (χ2v) is 3.36. The standard InChI is InChI=1S/C10H13NO4.C2H5NO2/c1-14-5-6-15-10(13)11-8-3-2-4-9(12)7-8;1-3-2(4)5/h2-4,7,12H,5-6H2,1H3,(H,11,13);3H,1H3,(H,4,5). The minimum Gasteiger partial charge on any atom is -0.508 e. The van der Waals surface area contributed by atoms with Gasteiger partial charge in [-0.25, -0.2) is 9.59 Å². The van der Waals surface area contributed by atoms with Crippen molar-refractivity contribution in [1.82, 2.24) is 5.32 Å². The van der Waals surface area contributed by atoms with Gasteiger partial charge >= 0.3 is 12.2 Å². The number of hydrogen-bond acceptors (Lipinski definition) is 5. The molecule has 0 aliphatic rings. The van der Waals surface area contributed by atoms with Crippen LogP contribution >= 0.6 is 0 Å². The molecule has 0 fully saturated rings. The lowest BCUT2D eigenvalue weighted by molar-refractivity contribution is 0.107. The van der Waals surface area contributed by atoms with Crippen LogP contribution in [0.2, 0.25) is 0 Å². The zero-order chi connectivity index (χ0) is 15.4.